The Morgan fingerprint density at radius 1 is 0.737 bits per heavy atom. The third-order valence-corrected chi connectivity index (χ3v) is 3.36. The third-order valence-electron chi connectivity index (χ3n) is 3.36. The van der Waals surface area contributed by atoms with Crippen molar-refractivity contribution in [3.05, 3.63) is 58.7 Å². The molecule has 3 heteroatoms. The van der Waals surface area contributed by atoms with Crippen molar-refractivity contribution in [3.8, 4) is 11.1 Å². The molecular weight excluding hydrogens is 249 g/mol. The fourth-order valence-corrected chi connectivity index (χ4v) is 2.22. The maximum Gasteiger partial charge on any atom is 0.417 e. The normalized spacial score (nSPS) is 11.7. The summed E-state index contributed by atoms with van der Waals surface area (Å²) in [6.45, 7) is 5.71. The molecule has 0 saturated heterocycles. The standard InChI is InChI=1S/C16H15F3/c1-10-8-12(3)14(9-11(10)2)13-6-4-5-7-15(13)16(17,18)19/h4-9H,1-3H3. The van der Waals surface area contributed by atoms with Crippen LogP contribution in [0, 0.1) is 20.8 Å². The fourth-order valence-electron chi connectivity index (χ4n) is 2.22. The molecule has 0 bridgehead atoms. The second kappa shape index (κ2) is 4.72. The molecule has 0 spiro atoms. The Balaban J connectivity index is 2.70. The van der Waals surface area contributed by atoms with Crippen molar-refractivity contribution in [1.29, 1.82) is 0 Å². The molecule has 0 N–H and O–H groups in total. The molecule has 19 heavy (non-hydrogen) atoms. The van der Waals surface area contributed by atoms with Crippen molar-refractivity contribution in [2.45, 2.75) is 26.9 Å². The molecule has 0 aromatic heterocycles. The second-order valence-electron chi connectivity index (χ2n) is 4.79. The summed E-state index contributed by atoms with van der Waals surface area (Å²) in [7, 11) is 0. The van der Waals surface area contributed by atoms with E-state index in [2.05, 4.69) is 0 Å². The van der Waals surface area contributed by atoms with Gasteiger partial charge in [0, 0.05) is 0 Å². The van der Waals surface area contributed by atoms with Crippen molar-refractivity contribution in [3.63, 3.8) is 0 Å². The Hall–Kier alpha value is -1.77. The average molecular weight is 264 g/mol. The van der Waals surface area contributed by atoms with E-state index in [9.17, 15) is 13.2 Å². The van der Waals surface area contributed by atoms with Gasteiger partial charge in [-0.15, -0.1) is 0 Å². The first-order valence-electron chi connectivity index (χ1n) is 6.05. The van der Waals surface area contributed by atoms with E-state index < -0.39 is 11.7 Å². The van der Waals surface area contributed by atoms with Crippen LogP contribution in [0.3, 0.4) is 0 Å². The van der Waals surface area contributed by atoms with Gasteiger partial charge in [-0.1, -0.05) is 30.3 Å². The van der Waals surface area contributed by atoms with Crippen molar-refractivity contribution in [1.82, 2.24) is 0 Å². The first-order valence-corrected chi connectivity index (χ1v) is 6.05. The van der Waals surface area contributed by atoms with E-state index in [0.29, 0.717) is 5.56 Å². The Kier molecular flexibility index (Phi) is 3.40. The minimum atomic E-state index is -4.33. The number of aryl methyl sites for hydroxylation is 3. The summed E-state index contributed by atoms with van der Waals surface area (Å²) in [5.41, 5.74) is 3.26. The topological polar surface area (TPSA) is 0 Å². The lowest BCUT2D eigenvalue weighted by Gasteiger charge is -2.16. The zero-order valence-corrected chi connectivity index (χ0v) is 11.1. The monoisotopic (exact) mass is 264 g/mol. The van der Waals surface area contributed by atoms with Crippen LogP contribution in [0.5, 0.6) is 0 Å². The largest absolute Gasteiger partial charge is 0.417 e. The smallest absolute Gasteiger partial charge is 0.166 e. The highest BCUT2D eigenvalue weighted by Gasteiger charge is 2.33. The minimum absolute atomic E-state index is 0.246. The molecule has 0 nitrogen and oxygen atoms in total. The minimum Gasteiger partial charge on any atom is -0.166 e. The number of benzene rings is 2. The SMILES string of the molecule is Cc1cc(C)c(-c2ccccc2C(F)(F)F)cc1C. The van der Waals surface area contributed by atoms with E-state index in [4.69, 9.17) is 0 Å². The molecule has 0 aliphatic rings. The molecular formula is C16H15F3. The van der Waals surface area contributed by atoms with Crippen LogP contribution in [0.25, 0.3) is 11.1 Å². The number of alkyl halides is 3. The quantitative estimate of drug-likeness (QED) is 0.655. The van der Waals surface area contributed by atoms with Gasteiger partial charge >= 0.3 is 6.18 Å². The van der Waals surface area contributed by atoms with Crippen LogP contribution in [-0.2, 0) is 6.18 Å². The number of halogens is 3. The van der Waals surface area contributed by atoms with Gasteiger partial charge in [-0.05, 0) is 54.7 Å². The third kappa shape index (κ3) is 2.65. The summed E-state index contributed by atoms with van der Waals surface area (Å²) in [6, 6.07) is 9.47. The molecule has 0 atom stereocenters. The summed E-state index contributed by atoms with van der Waals surface area (Å²) < 4.78 is 39.1. The zero-order chi connectivity index (χ0) is 14.2. The van der Waals surface area contributed by atoms with Crippen LogP contribution in [0.2, 0.25) is 0 Å². The Bertz CT molecular complexity index is 610. The molecule has 2 aromatic rings. The first kappa shape index (κ1) is 13.7. The van der Waals surface area contributed by atoms with Gasteiger partial charge in [0.15, 0.2) is 0 Å². The predicted molar refractivity (Wildman–Crippen MR) is 71.1 cm³/mol. The predicted octanol–water partition coefficient (Wildman–Crippen LogP) is 5.30. The summed E-state index contributed by atoms with van der Waals surface area (Å²) in [5.74, 6) is 0. The van der Waals surface area contributed by atoms with E-state index in [-0.39, 0.29) is 5.56 Å². The highest BCUT2D eigenvalue weighted by atomic mass is 19.4. The van der Waals surface area contributed by atoms with E-state index in [0.717, 1.165) is 22.8 Å². The Morgan fingerprint density at radius 3 is 1.95 bits per heavy atom. The lowest BCUT2D eigenvalue weighted by Crippen LogP contribution is -2.07. The van der Waals surface area contributed by atoms with Crippen LogP contribution in [0.1, 0.15) is 22.3 Å². The van der Waals surface area contributed by atoms with E-state index in [1.807, 2.05) is 32.9 Å². The molecule has 0 amide bonds. The van der Waals surface area contributed by atoms with E-state index >= 15 is 0 Å². The average Bonchev–Trinajstić information content (AvgIpc) is 2.33. The van der Waals surface area contributed by atoms with Gasteiger partial charge in [-0.3, -0.25) is 0 Å². The lowest BCUT2D eigenvalue weighted by molar-refractivity contribution is -0.137. The number of hydrogen-bond acceptors (Lipinski definition) is 0. The summed E-state index contributed by atoms with van der Waals surface area (Å²) in [6.07, 6.45) is -4.33. The molecule has 0 heterocycles. The Morgan fingerprint density at radius 2 is 1.32 bits per heavy atom. The second-order valence-corrected chi connectivity index (χ2v) is 4.79. The van der Waals surface area contributed by atoms with Crippen LogP contribution < -0.4 is 0 Å². The summed E-state index contributed by atoms with van der Waals surface area (Å²) in [5, 5.41) is 0. The summed E-state index contributed by atoms with van der Waals surface area (Å²) >= 11 is 0. The lowest BCUT2D eigenvalue weighted by atomic mass is 9.92. The van der Waals surface area contributed by atoms with Gasteiger partial charge in [0.05, 0.1) is 5.56 Å². The van der Waals surface area contributed by atoms with Gasteiger partial charge in [-0.25, -0.2) is 0 Å². The molecule has 0 aliphatic heterocycles. The molecule has 2 aromatic carbocycles. The van der Waals surface area contributed by atoms with Gasteiger partial charge in [0.25, 0.3) is 0 Å². The van der Waals surface area contributed by atoms with E-state index in [1.54, 1.807) is 6.07 Å². The fraction of sp³-hybridized carbons (Fsp3) is 0.250. The van der Waals surface area contributed by atoms with Gasteiger partial charge in [0.2, 0.25) is 0 Å². The molecule has 2 rings (SSSR count). The molecule has 100 valence electrons. The molecule has 0 aliphatic carbocycles. The van der Waals surface area contributed by atoms with Crippen LogP contribution in [0.4, 0.5) is 13.2 Å². The van der Waals surface area contributed by atoms with Gasteiger partial charge in [0.1, 0.15) is 0 Å². The molecule has 0 fully saturated rings. The van der Waals surface area contributed by atoms with Gasteiger partial charge in [-0.2, -0.15) is 13.2 Å². The first-order chi connectivity index (χ1) is 8.80. The molecule has 0 saturated carbocycles. The van der Waals surface area contributed by atoms with Crippen LogP contribution in [0.15, 0.2) is 36.4 Å². The highest BCUT2D eigenvalue weighted by Crippen LogP contribution is 2.38. The van der Waals surface area contributed by atoms with Crippen molar-refractivity contribution in [2.24, 2.45) is 0 Å². The van der Waals surface area contributed by atoms with Crippen molar-refractivity contribution >= 4 is 0 Å². The molecule has 0 radical (unpaired) electrons. The maximum absolute atomic E-state index is 13.0. The van der Waals surface area contributed by atoms with Crippen LogP contribution >= 0.6 is 0 Å². The zero-order valence-electron chi connectivity index (χ0n) is 11.1. The van der Waals surface area contributed by atoms with Gasteiger partial charge < -0.3 is 0 Å². The number of hydrogen-bond donors (Lipinski definition) is 0. The maximum atomic E-state index is 13.0. The Labute approximate surface area is 110 Å². The molecule has 0 unspecified atom stereocenters. The van der Waals surface area contributed by atoms with Crippen LogP contribution in [-0.4, -0.2) is 0 Å². The summed E-state index contributed by atoms with van der Waals surface area (Å²) in [4.78, 5) is 0. The van der Waals surface area contributed by atoms with Crippen molar-refractivity contribution < 1.29 is 13.2 Å². The highest BCUT2D eigenvalue weighted by molar-refractivity contribution is 5.72. The van der Waals surface area contributed by atoms with E-state index in [1.165, 1.54) is 12.1 Å². The number of rotatable bonds is 1. The van der Waals surface area contributed by atoms with Crippen molar-refractivity contribution in [2.75, 3.05) is 0 Å².